The van der Waals surface area contributed by atoms with Gasteiger partial charge < -0.3 is 10.4 Å². The van der Waals surface area contributed by atoms with Gasteiger partial charge in [-0.25, -0.2) is 4.79 Å². The Hall–Kier alpha value is -1.91. The zero-order valence-electron chi connectivity index (χ0n) is 11.6. The van der Waals surface area contributed by atoms with Crippen LogP contribution in [0.15, 0.2) is 18.5 Å². The number of carbonyl (C=O) groups excluding carboxylic acids is 1. The smallest absolute Gasteiger partial charge is 0.326 e. The van der Waals surface area contributed by atoms with E-state index in [4.69, 9.17) is 0 Å². The Morgan fingerprint density at radius 3 is 2.60 bits per heavy atom. The van der Waals surface area contributed by atoms with E-state index in [0.29, 0.717) is 5.56 Å². The number of carboxylic acid groups (broad SMARTS) is 1. The van der Waals surface area contributed by atoms with Crippen LogP contribution in [0.3, 0.4) is 0 Å². The Labute approximate surface area is 118 Å². The molecule has 0 aliphatic heterocycles. The van der Waals surface area contributed by atoms with Crippen molar-refractivity contribution in [3.05, 3.63) is 29.6 Å². The Bertz CT molecular complexity index is 496. The first-order valence-corrected chi connectivity index (χ1v) is 7.03. The van der Waals surface area contributed by atoms with Gasteiger partial charge in [-0.3, -0.25) is 9.78 Å². The molecular weight excluding hydrogens is 256 g/mol. The molecule has 1 aromatic rings. The first-order chi connectivity index (χ1) is 9.58. The number of hydrogen-bond donors (Lipinski definition) is 2. The topological polar surface area (TPSA) is 79.3 Å². The van der Waals surface area contributed by atoms with Crippen molar-refractivity contribution in [3.63, 3.8) is 0 Å². The Kier molecular flexibility index (Phi) is 4.71. The molecule has 1 aliphatic carbocycles. The lowest BCUT2D eigenvalue weighted by Crippen LogP contribution is -2.46. The van der Waals surface area contributed by atoms with Gasteiger partial charge in [0.05, 0.1) is 5.56 Å². The fraction of sp³-hybridized carbons (Fsp3) is 0.533. The van der Waals surface area contributed by atoms with Gasteiger partial charge in [-0.2, -0.15) is 0 Å². The highest BCUT2D eigenvalue weighted by atomic mass is 16.4. The number of aliphatic carboxylic acids is 1. The number of aromatic nitrogens is 1. The Balaban J connectivity index is 2.07. The van der Waals surface area contributed by atoms with Crippen molar-refractivity contribution < 1.29 is 14.7 Å². The number of carbonyl (C=O) groups is 2. The molecule has 1 unspecified atom stereocenters. The summed E-state index contributed by atoms with van der Waals surface area (Å²) < 4.78 is 0. The van der Waals surface area contributed by atoms with Crippen molar-refractivity contribution in [1.29, 1.82) is 0 Å². The average molecular weight is 276 g/mol. The van der Waals surface area contributed by atoms with Crippen LogP contribution in [0.4, 0.5) is 0 Å². The lowest BCUT2D eigenvalue weighted by molar-refractivity contribution is -0.141. The maximum Gasteiger partial charge on any atom is 0.326 e. The van der Waals surface area contributed by atoms with E-state index in [-0.39, 0.29) is 11.8 Å². The van der Waals surface area contributed by atoms with Crippen LogP contribution in [-0.4, -0.2) is 28.0 Å². The predicted octanol–water partition coefficient (Wildman–Crippen LogP) is 2.15. The summed E-state index contributed by atoms with van der Waals surface area (Å²) in [5.41, 5.74) is 1.29. The molecule has 0 aromatic carbocycles. The third-order valence-electron chi connectivity index (χ3n) is 3.81. The molecule has 0 radical (unpaired) electrons. The summed E-state index contributed by atoms with van der Waals surface area (Å²) in [6.07, 6.45) is 8.08. The number of amides is 1. The van der Waals surface area contributed by atoms with E-state index < -0.39 is 12.0 Å². The zero-order valence-corrected chi connectivity index (χ0v) is 11.6. The summed E-state index contributed by atoms with van der Waals surface area (Å²) in [4.78, 5) is 27.5. The molecule has 0 spiro atoms. The number of nitrogens with zero attached hydrogens (tertiary/aromatic N) is 1. The molecule has 20 heavy (non-hydrogen) atoms. The molecule has 2 rings (SSSR count). The molecule has 1 aromatic heterocycles. The van der Waals surface area contributed by atoms with Gasteiger partial charge in [0.2, 0.25) is 0 Å². The molecule has 1 amide bonds. The van der Waals surface area contributed by atoms with Crippen molar-refractivity contribution in [3.8, 4) is 0 Å². The minimum Gasteiger partial charge on any atom is -0.480 e. The number of nitrogens with one attached hydrogen (secondary N) is 1. The number of hydrogen-bond acceptors (Lipinski definition) is 3. The second-order valence-corrected chi connectivity index (χ2v) is 5.44. The van der Waals surface area contributed by atoms with E-state index in [2.05, 4.69) is 10.3 Å². The van der Waals surface area contributed by atoms with Gasteiger partial charge >= 0.3 is 5.97 Å². The molecule has 108 valence electrons. The second-order valence-electron chi connectivity index (χ2n) is 5.44. The minimum absolute atomic E-state index is 0.0305. The first kappa shape index (κ1) is 14.5. The van der Waals surface area contributed by atoms with Crippen molar-refractivity contribution in [2.75, 3.05) is 0 Å². The van der Waals surface area contributed by atoms with Crippen LogP contribution in [0.25, 0.3) is 0 Å². The van der Waals surface area contributed by atoms with Crippen LogP contribution in [0, 0.1) is 12.8 Å². The third kappa shape index (κ3) is 3.56. The molecule has 1 heterocycles. The summed E-state index contributed by atoms with van der Waals surface area (Å²) in [6.45, 7) is 1.85. The average Bonchev–Trinajstić information content (AvgIpc) is 2.45. The quantitative estimate of drug-likeness (QED) is 0.883. The van der Waals surface area contributed by atoms with Gasteiger partial charge in [-0.15, -0.1) is 0 Å². The second kappa shape index (κ2) is 6.50. The summed E-state index contributed by atoms with van der Waals surface area (Å²) >= 11 is 0. The molecule has 0 bridgehead atoms. The number of carboxylic acids is 1. The van der Waals surface area contributed by atoms with Gasteiger partial charge in [-0.05, 0) is 37.3 Å². The highest BCUT2D eigenvalue weighted by Crippen LogP contribution is 2.26. The van der Waals surface area contributed by atoms with Crippen LogP contribution in [0.2, 0.25) is 0 Å². The predicted molar refractivity (Wildman–Crippen MR) is 74.4 cm³/mol. The monoisotopic (exact) mass is 276 g/mol. The Morgan fingerprint density at radius 1 is 1.30 bits per heavy atom. The van der Waals surface area contributed by atoms with Gasteiger partial charge in [0.25, 0.3) is 5.91 Å². The maximum atomic E-state index is 12.1. The molecule has 0 saturated heterocycles. The molecule has 1 saturated carbocycles. The van der Waals surface area contributed by atoms with E-state index in [1.165, 1.54) is 6.20 Å². The summed E-state index contributed by atoms with van der Waals surface area (Å²) in [6, 6.07) is 0.908. The fourth-order valence-electron chi connectivity index (χ4n) is 2.75. The standard InChI is InChI=1S/C15H20N2O3/c1-10-7-12(9-16-8-10)14(18)17-13(15(19)20)11-5-3-2-4-6-11/h7-9,11,13H,2-6H2,1H3,(H,17,18)(H,19,20). The third-order valence-corrected chi connectivity index (χ3v) is 3.81. The lowest BCUT2D eigenvalue weighted by Gasteiger charge is -2.28. The van der Waals surface area contributed by atoms with Gasteiger partial charge in [-0.1, -0.05) is 19.3 Å². The molecule has 5 nitrogen and oxygen atoms in total. The molecule has 5 heteroatoms. The van der Waals surface area contributed by atoms with E-state index in [1.807, 2.05) is 6.92 Å². The lowest BCUT2D eigenvalue weighted by atomic mass is 9.84. The van der Waals surface area contributed by atoms with Gasteiger partial charge in [0, 0.05) is 12.4 Å². The van der Waals surface area contributed by atoms with Crippen molar-refractivity contribution in [2.24, 2.45) is 5.92 Å². The largest absolute Gasteiger partial charge is 0.480 e. The highest BCUT2D eigenvalue weighted by Gasteiger charge is 2.30. The normalized spacial score (nSPS) is 17.4. The highest BCUT2D eigenvalue weighted by molar-refractivity contribution is 5.96. The number of pyridine rings is 1. The summed E-state index contributed by atoms with van der Waals surface area (Å²) in [7, 11) is 0. The molecule has 2 N–H and O–H groups in total. The first-order valence-electron chi connectivity index (χ1n) is 7.03. The molecule has 1 fully saturated rings. The van der Waals surface area contributed by atoms with Crippen LogP contribution in [0.5, 0.6) is 0 Å². The van der Waals surface area contributed by atoms with Crippen LogP contribution >= 0.6 is 0 Å². The van der Waals surface area contributed by atoms with E-state index in [9.17, 15) is 14.7 Å². The van der Waals surface area contributed by atoms with Gasteiger partial charge in [0.15, 0.2) is 0 Å². The minimum atomic E-state index is -0.953. The van der Waals surface area contributed by atoms with Crippen LogP contribution < -0.4 is 5.32 Å². The summed E-state index contributed by atoms with van der Waals surface area (Å²) in [5.74, 6) is -1.28. The number of aryl methyl sites for hydroxylation is 1. The fourth-order valence-corrected chi connectivity index (χ4v) is 2.75. The zero-order chi connectivity index (χ0) is 14.5. The van der Waals surface area contributed by atoms with Crippen molar-refractivity contribution >= 4 is 11.9 Å². The van der Waals surface area contributed by atoms with Crippen LogP contribution in [0.1, 0.15) is 48.0 Å². The van der Waals surface area contributed by atoms with E-state index in [0.717, 1.165) is 37.7 Å². The van der Waals surface area contributed by atoms with Crippen LogP contribution in [-0.2, 0) is 4.79 Å². The molecule has 1 atom stereocenters. The summed E-state index contributed by atoms with van der Waals surface area (Å²) in [5, 5.41) is 12.0. The number of rotatable bonds is 4. The van der Waals surface area contributed by atoms with Crippen molar-refractivity contribution in [1.82, 2.24) is 10.3 Å². The van der Waals surface area contributed by atoms with E-state index >= 15 is 0 Å². The molecule has 1 aliphatic rings. The van der Waals surface area contributed by atoms with E-state index in [1.54, 1.807) is 12.3 Å². The molecular formula is C15H20N2O3. The SMILES string of the molecule is Cc1cncc(C(=O)NC(C(=O)O)C2CCCCC2)c1. The van der Waals surface area contributed by atoms with Crippen molar-refractivity contribution in [2.45, 2.75) is 45.1 Å². The maximum absolute atomic E-state index is 12.1. The van der Waals surface area contributed by atoms with Gasteiger partial charge in [0.1, 0.15) is 6.04 Å². The Morgan fingerprint density at radius 2 is 2.00 bits per heavy atom.